The fraction of sp³-hybridized carbons (Fsp3) is 0.316. The molecule has 6 nitrogen and oxygen atoms in total. The van der Waals surface area contributed by atoms with Crippen LogP contribution in [0.1, 0.15) is 28.8 Å². The van der Waals surface area contributed by atoms with Gasteiger partial charge in [-0.25, -0.2) is 0 Å². The second-order valence-electron chi connectivity index (χ2n) is 6.12. The van der Waals surface area contributed by atoms with Crippen LogP contribution in [0.4, 0.5) is 5.69 Å². The van der Waals surface area contributed by atoms with E-state index in [9.17, 15) is 14.7 Å². The molecule has 0 aliphatic rings. The average molecular weight is 341 g/mol. The van der Waals surface area contributed by atoms with Crippen molar-refractivity contribution >= 4 is 17.6 Å². The van der Waals surface area contributed by atoms with E-state index >= 15 is 0 Å². The quantitative estimate of drug-likeness (QED) is 0.720. The number of carboxylic acid groups (broad SMARTS) is 1. The van der Waals surface area contributed by atoms with Gasteiger partial charge in [-0.3, -0.25) is 19.9 Å². The molecule has 0 aliphatic heterocycles. The zero-order valence-corrected chi connectivity index (χ0v) is 14.7. The minimum atomic E-state index is -1.07. The molecule has 25 heavy (non-hydrogen) atoms. The smallest absolute Gasteiger partial charge is 0.321 e. The van der Waals surface area contributed by atoms with Crippen molar-refractivity contribution < 1.29 is 14.7 Å². The Morgan fingerprint density at radius 1 is 1.16 bits per heavy atom. The van der Waals surface area contributed by atoms with Gasteiger partial charge in [0.05, 0.1) is 12.1 Å². The van der Waals surface area contributed by atoms with Gasteiger partial charge in [0.15, 0.2) is 0 Å². The zero-order valence-electron chi connectivity index (χ0n) is 14.7. The molecule has 1 aromatic carbocycles. The van der Waals surface area contributed by atoms with Gasteiger partial charge in [-0.15, -0.1) is 0 Å². The Hall–Kier alpha value is -2.73. The molecule has 0 saturated carbocycles. The first-order valence-electron chi connectivity index (χ1n) is 8.10. The lowest BCUT2D eigenvalue weighted by Crippen LogP contribution is -2.39. The molecule has 0 fully saturated rings. The molecule has 0 radical (unpaired) electrons. The average Bonchev–Trinajstić information content (AvgIpc) is 2.55. The zero-order chi connectivity index (χ0) is 18.4. The lowest BCUT2D eigenvalue weighted by molar-refractivity contribution is -0.141. The summed E-state index contributed by atoms with van der Waals surface area (Å²) in [6.07, 6.45) is 1.48. The van der Waals surface area contributed by atoms with E-state index in [1.165, 1.54) is 0 Å². The first-order chi connectivity index (χ1) is 11.9. The van der Waals surface area contributed by atoms with Crippen LogP contribution in [-0.2, 0) is 16.1 Å². The number of rotatable bonds is 7. The van der Waals surface area contributed by atoms with Gasteiger partial charge in [0.2, 0.25) is 5.91 Å². The molecule has 0 aliphatic carbocycles. The van der Waals surface area contributed by atoms with E-state index < -0.39 is 12.0 Å². The van der Waals surface area contributed by atoms with Crippen LogP contribution in [0.2, 0.25) is 0 Å². The van der Waals surface area contributed by atoms with E-state index in [0.29, 0.717) is 0 Å². The SMILES string of the molecule is Cc1cc(C)c(NC(=O)CC(NCc2ccccn2)C(=O)O)c(C)c1. The summed E-state index contributed by atoms with van der Waals surface area (Å²) >= 11 is 0. The summed E-state index contributed by atoms with van der Waals surface area (Å²) in [7, 11) is 0. The third-order valence-corrected chi connectivity index (χ3v) is 3.88. The predicted molar refractivity (Wildman–Crippen MR) is 96.4 cm³/mol. The van der Waals surface area contributed by atoms with Gasteiger partial charge < -0.3 is 10.4 Å². The van der Waals surface area contributed by atoms with Crippen molar-refractivity contribution in [3.05, 3.63) is 58.9 Å². The Morgan fingerprint density at radius 2 is 1.84 bits per heavy atom. The number of aliphatic carboxylic acids is 1. The Bertz CT molecular complexity index is 737. The third-order valence-electron chi connectivity index (χ3n) is 3.88. The van der Waals surface area contributed by atoms with E-state index in [1.54, 1.807) is 18.3 Å². The highest BCUT2D eigenvalue weighted by molar-refractivity contribution is 5.95. The fourth-order valence-electron chi connectivity index (χ4n) is 2.73. The van der Waals surface area contributed by atoms with E-state index in [4.69, 9.17) is 0 Å². The van der Waals surface area contributed by atoms with E-state index in [2.05, 4.69) is 15.6 Å². The maximum Gasteiger partial charge on any atom is 0.321 e. The first-order valence-corrected chi connectivity index (χ1v) is 8.10. The number of aromatic nitrogens is 1. The Labute approximate surface area is 147 Å². The molecule has 1 aromatic heterocycles. The molecular formula is C19H23N3O3. The largest absolute Gasteiger partial charge is 0.480 e. The van der Waals surface area contributed by atoms with Crippen LogP contribution < -0.4 is 10.6 Å². The van der Waals surface area contributed by atoms with Crippen LogP contribution in [0.5, 0.6) is 0 Å². The molecule has 1 heterocycles. The molecule has 6 heteroatoms. The highest BCUT2D eigenvalue weighted by Gasteiger charge is 2.21. The summed E-state index contributed by atoms with van der Waals surface area (Å²) in [6, 6.07) is 8.40. The first kappa shape index (κ1) is 18.6. The summed E-state index contributed by atoms with van der Waals surface area (Å²) in [5, 5.41) is 15.0. The number of pyridine rings is 1. The van der Waals surface area contributed by atoms with Crippen LogP contribution in [0.15, 0.2) is 36.5 Å². The maximum atomic E-state index is 12.3. The normalized spacial score (nSPS) is 11.8. The molecule has 1 unspecified atom stereocenters. The van der Waals surface area contributed by atoms with Gasteiger partial charge >= 0.3 is 5.97 Å². The van der Waals surface area contributed by atoms with Gasteiger partial charge in [0.1, 0.15) is 6.04 Å². The van der Waals surface area contributed by atoms with E-state index in [0.717, 1.165) is 28.1 Å². The Balaban J connectivity index is 2.00. The number of anilines is 1. The standard InChI is InChI=1S/C19H23N3O3/c1-12-8-13(2)18(14(3)9-12)22-17(23)10-16(19(24)25)21-11-15-6-4-5-7-20-15/h4-9,16,21H,10-11H2,1-3H3,(H,22,23)(H,24,25). The van der Waals surface area contributed by atoms with E-state index in [-0.39, 0.29) is 18.9 Å². The summed E-state index contributed by atoms with van der Waals surface area (Å²) in [5.74, 6) is -1.40. The molecule has 1 amide bonds. The third kappa shape index (κ3) is 5.39. The van der Waals surface area contributed by atoms with Crippen LogP contribution in [0, 0.1) is 20.8 Å². The number of benzene rings is 1. The summed E-state index contributed by atoms with van der Waals surface area (Å²) in [5.41, 5.74) is 4.50. The number of aryl methyl sites for hydroxylation is 3. The number of hydrogen-bond donors (Lipinski definition) is 3. The molecule has 0 saturated heterocycles. The minimum absolute atomic E-state index is 0.158. The van der Waals surface area contributed by atoms with Crippen molar-refractivity contribution in [3.63, 3.8) is 0 Å². The second kappa shape index (κ2) is 8.39. The lowest BCUT2D eigenvalue weighted by Gasteiger charge is -2.16. The summed E-state index contributed by atoms with van der Waals surface area (Å²) < 4.78 is 0. The predicted octanol–water partition coefficient (Wildman–Crippen LogP) is 2.58. The summed E-state index contributed by atoms with van der Waals surface area (Å²) in [6.45, 7) is 6.12. The number of nitrogens with zero attached hydrogens (tertiary/aromatic N) is 1. The van der Waals surface area contributed by atoms with E-state index in [1.807, 2.05) is 39.0 Å². The minimum Gasteiger partial charge on any atom is -0.480 e. The molecule has 132 valence electrons. The number of nitrogens with one attached hydrogen (secondary N) is 2. The van der Waals surface area contributed by atoms with Crippen molar-refractivity contribution in [2.24, 2.45) is 0 Å². The van der Waals surface area contributed by atoms with Crippen molar-refractivity contribution in [1.29, 1.82) is 0 Å². The van der Waals surface area contributed by atoms with Gasteiger partial charge in [-0.05, 0) is 44.0 Å². The lowest BCUT2D eigenvalue weighted by atomic mass is 10.0. The topological polar surface area (TPSA) is 91.3 Å². The van der Waals surface area contributed by atoms with Crippen LogP contribution in [0.3, 0.4) is 0 Å². The van der Waals surface area contributed by atoms with Crippen molar-refractivity contribution in [3.8, 4) is 0 Å². The summed E-state index contributed by atoms with van der Waals surface area (Å²) in [4.78, 5) is 27.9. The molecule has 3 N–H and O–H groups in total. The van der Waals surface area contributed by atoms with Crippen LogP contribution in [-0.4, -0.2) is 28.0 Å². The fourth-order valence-corrected chi connectivity index (χ4v) is 2.73. The Morgan fingerprint density at radius 3 is 2.40 bits per heavy atom. The van der Waals surface area contributed by atoms with Gasteiger partial charge in [-0.1, -0.05) is 23.8 Å². The van der Waals surface area contributed by atoms with Gasteiger partial charge in [0, 0.05) is 18.4 Å². The number of carbonyl (C=O) groups is 2. The molecule has 2 aromatic rings. The van der Waals surface area contributed by atoms with Crippen molar-refractivity contribution in [1.82, 2.24) is 10.3 Å². The van der Waals surface area contributed by atoms with Gasteiger partial charge in [0.25, 0.3) is 0 Å². The molecule has 0 bridgehead atoms. The molecule has 1 atom stereocenters. The maximum absolute atomic E-state index is 12.3. The van der Waals surface area contributed by atoms with Crippen LogP contribution in [0.25, 0.3) is 0 Å². The number of amides is 1. The van der Waals surface area contributed by atoms with Crippen molar-refractivity contribution in [2.75, 3.05) is 5.32 Å². The number of hydrogen-bond acceptors (Lipinski definition) is 4. The molecule has 2 rings (SSSR count). The highest BCUT2D eigenvalue weighted by atomic mass is 16.4. The molecular weight excluding hydrogens is 318 g/mol. The van der Waals surface area contributed by atoms with Gasteiger partial charge in [-0.2, -0.15) is 0 Å². The number of carbonyl (C=O) groups excluding carboxylic acids is 1. The van der Waals surface area contributed by atoms with Crippen molar-refractivity contribution in [2.45, 2.75) is 39.8 Å². The van der Waals surface area contributed by atoms with Crippen LogP contribution >= 0.6 is 0 Å². The Kier molecular flexibility index (Phi) is 6.25. The number of carboxylic acids is 1. The highest BCUT2D eigenvalue weighted by Crippen LogP contribution is 2.22. The molecule has 0 spiro atoms. The second-order valence-corrected chi connectivity index (χ2v) is 6.12. The monoisotopic (exact) mass is 341 g/mol.